The molecule has 2 heteroatoms. The predicted molar refractivity (Wildman–Crippen MR) is 100.0 cm³/mol. The van der Waals surface area contributed by atoms with Crippen molar-refractivity contribution in [3.05, 3.63) is 72.8 Å². The van der Waals surface area contributed by atoms with E-state index in [-0.39, 0.29) is 0 Å². The Morgan fingerprint density at radius 3 is 1.38 bits per heavy atom. The number of fused-ring (bicyclic) bond motifs is 2. The third-order valence-corrected chi connectivity index (χ3v) is 4.43. The van der Waals surface area contributed by atoms with Crippen molar-refractivity contribution in [2.75, 3.05) is 14.2 Å². The lowest BCUT2D eigenvalue weighted by Crippen LogP contribution is -1.90. The van der Waals surface area contributed by atoms with Gasteiger partial charge < -0.3 is 9.47 Å². The number of methoxy groups -OCH3 is 2. The highest BCUT2D eigenvalue weighted by molar-refractivity contribution is 6.06. The maximum Gasteiger partial charge on any atom is 0.120 e. The summed E-state index contributed by atoms with van der Waals surface area (Å²) in [5.74, 6) is 1.71. The molecule has 0 bridgehead atoms. The second-order valence-electron chi connectivity index (χ2n) is 5.79. The van der Waals surface area contributed by atoms with Crippen LogP contribution in [0.15, 0.2) is 72.8 Å². The van der Waals surface area contributed by atoms with Gasteiger partial charge in [0.25, 0.3) is 0 Å². The summed E-state index contributed by atoms with van der Waals surface area (Å²) < 4.78 is 11.0. The van der Waals surface area contributed by atoms with Crippen molar-refractivity contribution in [1.29, 1.82) is 0 Å². The van der Waals surface area contributed by atoms with Crippen molar-refractivity contribution in [1.82, 2.24) is 0 Å². The summed E-state index contributed by atoms with van der Waals surface area (Å²) in [6.45, 7) is 0. The van der Waals surface area contributed by atoms with Gasteiger partial charge in [0, 0.05) is 0 Å². The standard InChI is InChI=1S/C22H18O2/c1-23-17-11-15-7-3-5-9-19(15)21(13-17)22-14-18(24-2)12-16-8-4-6-10-20(16)22/h3-14H,1-2H3. The van der Waals surface area contributed by atoms with Crippen LogP contribution in [-0.2, 0) is 0 Å². The number of rotatable bonds is 3. The first-order chi connectivity index (χ1) is 11.8. The molecule has 0 fully saturated rings. The molecule has 118 valence electrons. The van der Waals surface area contributed by atoms with Crippen LogP contribution in [0.3, 0.4) is 0 Å². The third kappa shape index (κ3) is 2.37. The summed E-state index contributed by atoms with van der Waals surface area (Å²) in [5.41, 5.74) is 2.31. The molecule has 4 aromatic rings. The predicted octanol–water partition coefficient (Wildman–Crippen LogP) is 5.68. The fraction of sp³-hybridized carbons (Fsp3) is 0.0909. The Bertz CT molecular complexity index is 949. The SMILES string of the molecule is COc1cc(-c2cc(OC)cc3ccccc23)c2ccccc2c1. The summed E-state index contributed by atoms with van der Waals surface area (Å²) >= 11 is 0. The molecule has 0 atom stereocenters. The molecule has 0 spiro atoms. The molecule has 0 aliphatic carbocycles. The highest BCUT2D eigenvalue weighted by atomic mass is 16.5. The molecule has 0 aliphatic rings. The maximum atomic E-state index is 5.52. The highest BCUT2D eigenvalue weighted by Gasteiger charge is 2.11. The van der Waals surface area contributed by atoms with Crippen LogP contribution < -0.4 is 9.47 Å². The normalized spacial score (nSPS) is 10.9. The summed E-state index contributed by atoms with van der Waals surface area (Å²) in [7, 11) is 3.41. The molecule has 0 unspecified atom stereocenters. The molecule has 0 N–H and O–H groups in total. The van der Waals surface area contributed by atoms with E-state index in [0.717, 1.165) is 22.6 Å². The van der Waals surface area contributed by atoms with E-state index in [1.165, 1.54) is 21.5 Å². The minimum absolute atomic E-state index is 0.857. The van der Waals surface area contributed by atoms with Gasteiger partial charge in [-0.05, 0) is 56.9 Å². The van der Waals surface area contributed by atoms with Crippen LogP contribution in [0, 0.1) is 0 Å². The number of hydrogen-bond acceptors (Lipinski definition) is 2. The molecule has 0 saturated heterocycles. The Balaban J connectivity index is 2.13. The average Bonchev–Trinajstić information content (AvgIpc) is 2.66. The van der Waals surface area contributed by atoms with Gasteiger partial charge in [0.05, 0.1) is 14.2 Å². The van der Waals surface area contributed by atoms with Crippen LogP contribution in [0.25, 0.3) is 32.7 Å². The van der Waals surface area contributed by atoms with Gasteiger partial charge in [-0.3, -0.25) is 0 Å². The Labute approximate surface area is 141 Å². The van der Waals surface area contributed by atoms with Crippen LogP contribution >= 0.6 is 0 Å². The highest BCUT2D eigenvalue weighted by Crippen LogP contribution is 2.38. The molecule has 0 aromatic heterocycles. The zero-order valence-corrected chi connectivity index (χ0v) is 13.7. The molecule has 24 heavy (non-hydrogen) atoms. The van der Waals surface area contributed by atoms with Crippen LogP contribution in [0.2, 0.25) is 0 Å². The van der Waals surface area contributed by atoms with Gasteiger partial charge in [0.1, 0.15) is 11.5 Å². The van der Waals surface area contributed by atoms with Gasteiger partial charge in [-0.25, -0.2) is 0 Å². The summed E-state index contributed by atoms with van der Waals surface area (Å²) in [6, 6.07) is 25.1. The zero-order valence-electron chi connectivity index (χ0n) is 13.7. The van der Waals surface area contributed by atoms with Crippen molar-refractivity contribution < 1.29 is 9.47 Å². The molecular formula is C22H18O2. The summed E-state index contributed by atoms with van der Waals surface area (Å²) in [5, 5.41) is 4.74. The largest absolute Gasteiger partial charge is 0.497 e. The maximum absolute atomic E-state index is 5.52. The monoisotopic (exact) mass is 314 g/mol. The molecule has 2 nitrogen and oxygen atoms in total. The fourth-order valence-electron chi connectivity index (χ4n) is 3.25. The summed E-state index contributed by atoms with van der Waals surface area (Å²) in [6.07, 6.45) is 0. The van der Waals surface area contributed by atoms with Gasteiger partial charge >= 0.3 is 0 Å². The molecule has 0 amide bonds. The lowest BCUT2D eigenvalue weighted by Gasteiger charge is -2.14. The third-order valence-electron chi connectivity index (χ3n) is 4.43. The van der Waals surface area contributed by atoms with Crippen molar-refractivity contribution in [2.45, 2.75) is 0 Å². The smallest absolute Gasteiger partial charge is 0.120 e. The van der Waals surface area contributed by atoms with Crippen LogP contribution in [0.1, 0.15) is 0 Å². The number of benzene rings is 4. The van der Waals surface area contributed by atoms with E-state index in [4.69, 9.17) is 9.47 Å². The van der Waals surface area contributed by atoms with E-state index in [2.05, 4.69) is 72.8 Å². The van der Waals surface area contributed by atoms with Gasteiger partial charge in [-0.15, -0.1) is 0 Å². The van der Waals surface area contributed by atoms with E-state index in [1.54, 1.807) is 14.2 Å². The molecule has 0 radical (unpaired) electrons. The molecule has 0 aliphatic heterocycles. The van der Waals surface area contributed by atoms with Crippen molar-refractivity contribution >= 4 is 21.5 Å². The lowest BCUT2D eigenvalue weighted by atomic mass is 9.93. The first-order valence-corrected chi connectivity index (χ1v) is 7.94. The average molecular weight is 314 g/mol. The fourth-order valence-corrected chi connectivity index (χ4v) is 3.25. The van der Waals surface area contributed by atoms with Gasteiger partial charge in [0.2, 0.25) is 0 Å². The molecule has 0 heterocycles. The van der Waals surface area contributed by atoms with Crippen molar-refractivity contribution in [3.8, 4) is 22.6 Å². The quantitative estimate of drug-likeness (QED) is 0.484. The van der Waals surface area contributed by atoms with Crippen molar-refractivity contribution in [3.63, 3.8) is 0 Å². The van der Waals surface area contributed by atoms with Crippen LogP contribution in [0.5, 0.6) is 11.5 Å². The lowest BCUT2D eigenvalue weighted by molar-refractivity contribution is 0.415. The van der Waals surface area contributed by atoms with Crippen molar-refractivity contribution in [2.24, 2.45) is 0 Å². The van der Waals surface area contributed by atoms with Gasteiger partial charge in [-0.1, -0.05) is 48.5 Å². The minimum Gasteiger partial charge on any atom is -0.497 e. The second-order valence-corrected chi connectivity index (χ2v) is 5.79. The van der Waals surface area contributed by atoms with Crippen LogP contribution in [-0.4, -0.2) is 14.2 Å². The number of ether oxygens (including phenoxy) is 2. The second kappa shape index (κ2) is 5.89. The van der Waals surface area contributed by atoms with Gasteiger partial charge in [-0.2, -0.15) is 0 Å². The number of hydrogen-bond donors (Lipinski definition) is 0. The topological polar surface area (TPSA) is 18.5 Å². The van der Waals surface area contributed by atoms with E-state index < -0.39 is 0 Å². The molecule has 4 rings (SSSR count). The Hall–Kier alpha value is -3.00. The zero-order chi connectivity index (χ0) is 16.5. The molecule has 0 saturated carbocycles. The minimum atomic E-state index is 0.857. The van der Waals surface area contributed by atoms with E-state index in [9.17, 15) is 0 Å². The first-order valence-electron chi connectivity index (χ1n) is 7.94. The Morgan fingerprint density at radius 1 is 0.542 bits per heavy atom. The summed E-state index contributed by atoms with van der Waals surface area (Å²) in [4.78, 5) is 0. The Kier molecular flexibility index (Phi) is 3.58. The van der Waals surface area contributed by atoms with Crippen LogP contribution in [0.4, 0.5) is 0 Å². The van der Waals surface area contributed by atoms with E-state index >= 15 is 0 Å². The first kappa shape index (κ1) is 14.6. The Morgan fingerprint density at radius 2 is 0.958 bits per heavy atom. The van der Waals surface area contributed by atoms with E-state index in [0.29, 0.717) is 0 Å². The van der Waals surface area contributed by atoms with E-state index in [1.807, 2.05) is 0 Å². The molecular weight excluding hydrogens is 296 g/mol. The molecule has 4 aromatic carbocycles. The van der Waals surface area contributed by atoms with Gasteiger partial charge in [0.15, 0.2) is 0 Å².